The highest BCUT2D eigenvalue weighted by Gasteiger charge is 1.93. The molecule has 3 heteroatoms. The molecule has 1 rings (SSSR count). The second-order valence-electron chi connectivity index (χ2n) is 2.76. The third kappa shape index (κ3) is 3.59. The molecule has 0 saturated carbocycles. The van der Waals surface area contributed by atoms with E-state index in [1.54, 1.807) is 6.08 Å². The minimum Gasteiger partial charge on any atom is -0.394 e. The molecule has 0 aliphatic heterocycles. The lowest BCUT2D eigenvalue weighted by Gasteiger charge is -1.99. The highest BCUT2D eigenvalue weighted by molar-refractivity contribution is 6.30. The van der Waals surface area contributed by atoms with Gasteiger partial charge in [-0.25, -0.2) is 0 Å². The number of rotatable bonds is 3. The Morgan fingerprint density at radius 1 is 1.54 bits per heavy atom. The lowest BCUT2D eigenvalue weighted by Crippen LogP contribution is -2.20. The smallest absolute Gasteiger partial charge is 0.0618 e. The van der Waals surface area contributed by atoms with Crippen molar-refractivity contribution < 1.29 is 5.11 Å². The fourth-order valence-electron chi connectivity index (χ4n) is 0.906. The maximum Gasteiger partial charge on any atom is 0.0618 e. The van der Waals surface area contributed by atoms with Crippen LogP contribution >= 0.6 is 11.6 Å². The van der Waals surface area contributed by atoms with Crippen molar-refractivity contribution in [2.75, 3.05) is 6.61 Å². The van der Waals surface area contributed by atoms with Gasteiger partial charge in [-0.05, 0) is 17.7 Å². The molecule has 13 heavy (non-hydrogen) atoms. The van der Waals surface area contributed by atoms with Crippen LogP contribution in [-0.2, 0) is 0 Å². The van der Waals surface area contributed by atoms with Gasteiger partial charge in [0, 0.05) is 11.1 Å². The van der Waals surface area contributed by atoms with Crippen LogP contribution in [0.5, 0.6) is 0 Å². The van der Waals surface area contributed by atoms with E-state index >= 15 is 0 Å². The summed E-state index contributed by atoms with van der Waals surface area (Å²) in [6.45, 7) is -0.0446. The molecule has 0 heterocycles. The molecule has 0 aliphatic rings. The molecule has 0 saturated heterocycles. The monoisotopic (exact) mass is 197 g/mol. The molecule has 0 radical (unpaired) electrons. The predicted octanol–water partition coefficient (Wildman–Crippen LogP) is 1.67. The molecular formula is C10H12ClNO. The van der Waals surface area contributed by atoms with Crippen molar-refractivity contribution in [3.63, 3.8) is 0 Å². The Labute approximate surface area is 82.6 Å². The van der Waals surface area contributed by atoms with Gasteiger partial charge in [-0.1, -0.05) is 35.9 Å². The van der Waals surface area contributed by atoms with Gasteiger partial charge >= 0.3 is 0 Å². The molecule has 0 aliphatic carbocycles. The van der Waals surface area contributed by atoms with Crippen LogP contribution in [0.3, 0.4) is 0 Å². The minimum absolute atomic E-state index is 0.0446. The maximum atomic E-state index is 8.67. The van der Waals surface area contributed by atoms with Gasteiger partial charge in [0.2, 0.25) is 0 Å². The van der Waals surface area contributed by atoms with E-state index in [2.05, 4.69) is 0 Å². The van der Waals surface area contributed by atoms with Gasteiger partial charge in [-0.2, -0.15) is 0 Å². The molecule has 3 N–H and O–H groups in total. The fourth-order valence-corrected chi connectivity index (χ4v) is 1.10. The van der Waals surface area contributed by atoms with Gasteiger partial charge in [0.25, 0.3) is 0 Å². The van der Waals surface area contributed by atoms with Crippen LogP contribution in [0.2, 0.25) is 5.02 Å². The summed E-state index contributed by atoms with van der Waals surface area (Å²) in [6, 6.07) is 7.13. The zero-order chi connectivity index (χ0) is 9.68. The standard InChI is InChI=1S/C10H12ClNO/c11-9-3-1-2-8(6-9)4-5-10(12)7-13/h1-6,10,13H,7,12H2/t10-/m0/s1. The van der Waals surface area contributed by atoms with E-state index in [0.717, 1.165) is 5.56 Å². The Kier molecular flexibility index (Phi) is 3.96. The number of aliphatic hydroxyl groups excluding tert-OH is 1. The molecule has 0 fully saturated rings. The topological polar surface area (TPSA) is 46.2 Å². The molecule has 1 aromatic rings. The van der Waals surface area contributed by atoms with Crippen LogP contribution in [0, 0.1) is 0 Å². The number of nitrogens with two attached hydrogens (primary N) is 1. The summed E-state index contributed by atoms with van der Waals surface area (Å²) < 4.78 is 0. The summed E-state index contributed by atoms with van der Waals surface area (Å²) in [5, 5.41) is 9.36. The largest absolute Gasteiger partial charge is 0.394 e. The van der Waals surface area contributed by atoms with Crippen molar-refractivity contribution in [2.45, 2.75) is 6.04 Å². The normalized spacial score (nSPS) is 13.5. The Morgan fingerprint density at radius 2 is 2.31 bits per heavy atom. The van der Waals surface area contributed by atoms with Crippen LogP contribution < -0.4 is 5.73 Å². The second-order valence-corrected chi connectivity index (χ2v) is 3.20. The number of hydrogen-bond donors (Lipinski definition) is 2. The lowest BCUT2D eigenvalue weighted by atomic mass is 10.2. The summed E-state index contributed by atoms with van der Waals surface area (Å²) >= 11 is 5.78. The van der Waals surface area contributed by atoms with Crippen LogP contribution in [0.25, 0.3) is 6.08 Å². The minimum atomic E-state index is -0.306. The summed E-state index contributed by atoms with van der Waals surface area (Å²) in [5.74, 6) is 0. The van der Waals surface area contributed by atoms with Crippen molar-refractivity contribution in [2.24, 2.45) is 5.73 Å². The van der Waals surface area contributed by atoms with Crippen LogP contribution in [0.15, 0.2) is 30.3 Å². The van der Waals surface area contributed by atoms with E-state index in [4.69, 9.17) is 22.4 Å². The number of benzene rings is 1. The molecule has 0 unspecified atom stereocenters. The van der Waals surface area contributed by atoms with Crippen molar-refractivity contribution >= 4 is 17.7 Å². The Hall–Kier alpha value is -0.830. The summed E-state index contributed by atoms with van der Waals surface area (Å²) in [7, 11) is 0. The molecule has 0 bridgehead atoms. The van der Waals surface area contributed by atoms with Crippen LogP contribution in [0.4, 0.5) is 0 Å². The number of halogens is 1. The maximum absolute atomic E-state index is 8.67. The quantitative estimate of drug-likeness (QED) is 0.775. The van der Waals surface area contributed by atoms with Crippen molar-refractivity contribution in [1.29, 1.82) is 0 Å². The molecule has 70 valence electrons. The fraction of sp³-hybridized carbons (Fsp3) is 0.200. The number of aliphatic hydroxyl groups is 1. The van der Waals surface area contributed by atoms with Gasteiger partial charge in [0.15, 0.2) is 0 Å². The number of hydrogen-bond acceptors (Lipinski definition) is 2. The molecule has 2 nitrogen and oxygen atoms in total. The molecular weight excluding hydrogens is 186 g/mol. The summed E-state index contributed by atoms with van der Waals surface area (Å²) in [5.41, 5.74) is 6.47. The van der Waals surface area contributed by atoms with Gasteiger partial charge in [0.1, 0.15) is 0 Å². The lowest BCUT2D eigenvalue weighted by molar-refractivity contribution is 0.284. The van der Waals surface area contributed by atoms with E-state index in [9.17, 15) is 0 Å². The summed E-state index contributed by atoms with van der Waals surface area (Å²) in [4.78, 5) is 0. The van der Waals surface area contributed by atoms with E-state index < -0.39 is 0 Å². The molecule has 1 aromatic carbocycles. The second kappa shape index (κ2) is 5.02. The zero-order valence-electron chi connectivity index (χ0n) is 7.15. The highest BCUT2D eigenvalue weighted by Crippen LogP contribution is 2.11. The van der Waals surface area contributed by atoms with E-state index in [0.29, 0.717) is 5.02 Å². The average molecular weight is 198 g/mol. The van der Waals surface area contributed by atoms with Gasteiger partial charge in [-0.15, -0.1) is 0 Å². The van der Waals surface area contributed by atoms with Crippen molar-refractivity contribution in [3.05, 3.63) is 40.9 Å². The van der Waals surface area contributed by atoms with Gasteiger partial charge in [-0.3, -0.25) is 0 Å². The first-order valence-electron chi connectivity index (χ1n) is 4.02. The SMILES string of the molecule is N[C@@H](C=Cc1cccc(Cl)c1)CO. The van der Waals surface area contributed by atoms with Crippen LogP contribution in [0.1, 0.15) is 5.56 Å². The molecule has 0 aromatic heterocycles. The Balaban J connectivity index is 2.68. The first-order valence-corrected chi connectivity index (χ1v) is 4.40. The van der Waals surface area contributed by atoms with Crippen molar-refractivity contribution in [1.82, 2.24) is 0 Å². The van der Waals surface area contributed by atoms with Gasteiger partial charge in [0.05, 0.1) is 6.61 Å². The van der Waals surface area contributed by atoms with Crippen LogP contribution in [-0.4, -0.2) is 17.8 Å². The van der Waals surface area contributed by atoms with E-state index in [1.807, 2.05) is 30.3 Å². The highest BCUT2D eigenvalue weighted by atomic mass is 35.5. The van der Waals surface area contributed by atoms with Gasteiger partial charge < -0.3 is 10.8 Å². The molecule has 0 amide bonds. The first kappa shape index (κ1) is 10.3. The average Bonchev–Trinajstić information content (AvgIpc) is 2.14. The van der Waals surface area contributed by atoms with E-state index in [-0.39, 0.29) is 12.6 Å². The first-order chi connectivity index (χ1) is 6.22. The van der Waals surface area contributed by atoms with E-state index in [1.165, 1.54) is 0 Å². The third-order valence-corrected chi connectivity index (χ3v) is 1.83. The zero-order valence-corrected chi connectivity index (χ0v) is 7.91. The Bertz CT molecular complexity index is 299. The Morgan fingerprint density at radius 3 is 2.92 bits per heavy atom. The molecule has 1 atom stereocenters. The predicted molar refractivity (Wildman–Crippen MR) is 55.5 cm³/mol. The molecule has 0 spiro atoms. The summed E-state index contributed by atoms with van der Waals surface area (Å²) in [6.07, 6.45) is 3.58. The third-order valence-electron chi connectivity index (χ3n) is 1.60. The van der Waals surface area contributed by atoms with Crippen molar-refractivity contribution in [3.8, 4) is 0 Å².